The van der Waals surface area contributed by atoms with Gasteiger partial charge in [-0.2, -0.15) is 5.10 Å². The maximum atomic E-state index is 14.5. The zero-order valence-electron chi connectivity index (χ0n) is 19.3. The van der Waals surface area contributed by atoms with Crippen molar-refractivity contribution in [3.63, 3.8) is 0 Å². The molecule has 3 heterocycles. The van der Waals surface area contributed by atoms with Crippen molar-refractivity contribution in [1.82, 2.24) is 20.2 Å². The van der Waals surface area contributed by atoms with Gasteiger partial charge in [-0.1, -0.05) is 19.9 Å². The Morgan fingerprint density at radius 1 is 1.03 bits per heavy atom. The molecule has 2 atom stereocenters. The van der Waals surface area contributed by atoms with Gasteiger partial charge in [0.2, 0.25) is 5.95 Å². The maximum Gasteiger partial charge on any atom is 0.225 e. The van der Waals surface area contributed by atoms with Gasteiger partial charge in [0.05, 0.1) is 34.2 Å². The standard InChI is InChI=1S/C26H27F2N5O/c1-25(2)17-6-10-26(25,21-7-11-29-24(30-21)33-12-8-15(34)9-13-33)23-16(17)14-20(31-32-23)22-18(27)4-3-5-19(22)28/h3-5,7,11,14-15,17,34H,6,8-10,12-13H2,1-2H3/t17-,26?/m0/s1. The highest BCUT2D eigenvalue weighted by molar-refractivity contribution is 5.64. The summed E-state index contributed by atoms with van der Waals surface area (Å²) in [5, 5.41) is 18.8. The Kier molecular flexibility index (Phi) is 4.75. The number of aliphatic hydroxyl groups excluding tert-OH is 1. The topological polar surface area (TPSA) is 75.0 Å². The molecule has 2 fully saturated rings. The van der Waals surface area contributed by atoms with Gasteiger partial charge in [-0.15, -0.1) is 5.10 Å². The number of hydrogen-bond acceptors (Lipinski definition) is 6. The van der Waals surface area contributed by atoms with Crippen molar-refractivity contribution in [3.8, 4) is 11.3 Å². The Labute approximate surface area is 197 Å². The summed E-state index contributed by atoms with van der Waals surface area (Å²) in [6, 6.07) is 7.63. The largest absolute Gasteiger partial charge is 0.393 e. The van der Waals surface area contributed by atoms with E-state index in [4.69, 9.17) is 4.98 Å². The predicted octanol–water partition coefficient (Wildman–Crippen LogP) is 4.38. The Morgan fingerprint density at radius 2 is 1.76 bits per heavy atom. The van der Waals surface area contributed by atoms with Crippen LogP contribution in [0, 0.1) is 17.0 Å². The van der Waals surface area contributed by atoms with E-state index in [1.807, 2.05) is 12.1 Å². The van der Waals surface area contributed by atoms with Gasteiger partial charge in [-0.25, -0.2) is 18.7 Å². The molecule has 2 aliphatic carbocycles. The summed E-state index contributed by atoms with van der Waals surface area (Å²) >= 11 is 0. The lowest BCUT2D eigenvalue weighted by Crippen LogP contribution is -2.40. The Balaban J connectivity index is 1.46. The first-order valence-corrected chi connectivity index (χ1v) is 11.9. The van der Waals surface area contributed by atoms with E-state index in [9.17, 15) is 13.9 Å². The zero-order valence-corrected chi connectivity index (χ0v) is 19.3. The SMILES string of the molecule is CC1(C)[C@H]2CCC1(c1ccnc(N3CCC(O)CC3)n1)c1nnc(-c3c(F)cccc3F)cc12. The molecule has 0 amide bonds. The third-order valence-electron chi connectivity index (χ3n) is 8.43. The molecule has 0 radical (unpaired) electrons. The number of rotatable bonds is 3. The van der Waals surface area contributed by atoms with Crippen LogP contribution in [0.4, 0.5) is 14.7 Å². The van der Waals surface area contributed by atoms with E-state index in [1.165, 1.54) is 18.2 Å². The van der Waals surface area contributed by atoms with Crippen LogP contribution in [-0.2, 0) is 5.41 Å². The lowest BCUT2D eigenvalue weighted by atomic mass is 9.66. The quantitative estimate of drug-likeness (QED) is 0.622. The molecular formula is C26H27F2N5O. The van der Waals surface area contributed by atoms with Crippen LogP contribution < -0.4 is 4.90 Å². The van der Waals surface area contributed by atoms with Crippen LogP contribution in [0.15, 0.2) is 36.5 Å². The number of nitrogens with zero attached hydrogens (tertiary/aromatic N) is 5. The monoisotopic (exact) mass is 463 g/mol. The molecule has 0 spiro atoms. The maximum absolute atomic E-state index is 14.5. The zero-order chi connectivity index (χ0) is 23.7. The molecule has 1 aromatic carbocycles. The lowest BCUT2D eigenvalue weighted by molar-refractivity contribution is 0.145. The molecule has 2 aromatic heterocycles. The third-order valence-corrected chi connectivity index (χ3v) is 8.43. The third kappa shape index (κ3) is 2.87. The van der Waals surface area contributed by atoms with Gasteiger partial charge in [0.1, 0.15) is 11.6 Å². The van der Waals surface area contributed by atoms with Crippen LogP contribution in [0.5, 0.6) is 0 Å². The summed E-state index contributed by atoms with van der Waals surface area (Å²) in [5.74, 6) is -0.420. The molecule has 2 bridgehead atoms. The van der Waals surface area contributed by atoms with Crippen molar-refractivity contribution >= 4 is 5.95 Å². The molecule has 8 heteroatoms. The highest BCUT2D eigenvalue weighted by Gasteiger charge is 2.65. The second-order valence-electron chi connectivity index (χ2n) is 10.3. The molecule has 1 unspecified atom stereocenters. The van der Waals surface area contributed by atoms with E-state index < -0.39 is 17.0 Å². The van der Waals surface area contributed by atoms with Crippen molar-refractivity contribution in [2.45, 2.75) is 57.0 Å². The van der Waals surface area contributed by atoms with Gasteiger partial charge >= 0.3 is 0 Å². The highest BCUT2D eigenvalue weighted by atomic mass is 19.1. The number of piperidine rings is 1. The normalized spacial score (nSPS) is 25.6. The predicted molar refractivity (Wildman–Crippen MR) is 123 cm³/mol. The minimum atomic E-state index is -0.640. The van der Waals surface area contributed by atoms with Gasteiger partial charge in [-0.05, 0) is 66.8 Å². The molecule has 176 valence electrons. The fourth-order valence-corrected chi connectivity index (χ4v) is 6.56. The Morgan fingerprint density at radius 3 is 2.50 bits per heavy atom. The van der Waals surface area contributed by atoms with E-state index in [2.05, 4.69) is 33.9 Å². The van der Waals surface area contributed by atoms with Crippen molar-refractivity contribution in [1.29, 1.82) is 0 Å². The summed E-state index contributed by atoms with van der Waals surface area (Å²) in [6.07, 6.45) is 4.77. The second-order valence-corrected chi connectivity index (χ2v) is 10.3. The van der Waals surface area contributed by atoms with Crippen LogP contribution in [0.2, 0.25) is 0 Å². The van der Waals surface area contributed by atoms with Crippen LogP contribution in [0.3, 0.4) is 0 Å². The first-order valence-electron chi connectivity index (χ1n) is 11.9. The summed E-state index contributed by atoms with van der Waals surface area (Å²) < 4.78 is 28.9. The van der Waals surface area contributed by atoms with E-state index in [1.54, 1.807) is 6.20 Å². The molecule has 3 aliphatic rings. The number of halogens is 2. The van der Waals surface area contributed by atoms with Crippen LogP contribution in [0.1, 0.15) is 62.4 Å². The summed E-state index contributed by atoms with van der Waals surface area (Å²) in [7, 11) is 0. The van der Waals surface area contributed by atoms with Gasteiger partial charge in [0.15, 0.2) is 0 Å². The summed E-state index contributed by atoms with van der Waals surface area (Å²) in [6.45, 7) is 5.90. The lowest BCUT2D eigenvalue weighted by Gasteiger charge is -2.38. The average molecular weight is 464 g/mol. The average Bonchev–Trinajstić information content (AvgIpc) is 3.21. The minimum absolute atomic E-state index is 0.135. The first-order chi connectivity index (χ1) is 16.3. The number of aliphatic hydroxyl groups is 1. The van der Waals surface area contributed by atoms with Crippen molar-refractivity contribution < 1.29 is 13.9 Å². The molecule has 34 heavy (non-hydrogen) atoms. The number of aromatic nitrogens is 4. The van der Waals surface area contributed by atoms with Gasteiger partial charge in [0.25, 0.3) is 0 Å². The van der Waals surface area contributed by atoms with Crippen molar-refractivity contribution in [2.24, 2.45) is 5.41 Å². The Bertz CT molecular complexity index is 1250. The molecule has 6 nitrogen and oxygen atoms in total. The first kappa shape index (κ1) is 21.5. The molecule has 1 saturated carbocycles. The molecular weight excluding hydrogens is 436 g/mol. The van der Waals surface area contributed by atoms with Crippen molar-refractivity contribution in [2.75, 3.05) is 18.0 Å². The molecule has 3 aromatic rings. The van der Waals surface area contributed by atoms with Gasteiger partial charge < -0.3 is 10.0 Å². The van der Waals surface area contributed by atoms with Gasteiger partial charge in [0, 0.05) is 19.3 Å². The van der Waals surface area contributed by atoms with Gasteiger partial charge in [-0.3, -0.25) is 0 Å². The van der Waals surface area contributed by atoms with Crippen LogP contribution in [0.25, 0.3) is 11.3 Å². The summed E-state index contributed by atoms with van der Waals surface area (Å²) in [5.41, 5.74) is 2.22. The fraction of sp³-hybridized carbons (Fsp3) is 0.462. The second kappa shape index (κ2) is 7.50. The summed E-state index contributed by atoms with van der Waals surface area (Å²) in [4.78, 5) is 11.7. The van der Waals surface area contributed by atoms with E-state index in [-0.39, 0.29) is 28.7 Å². The van der Waals surface area contributed by atoms with E-state index in [0.29, 0.717) is 18.8 Å². The number of benzene rings is 1. The molecule has 1 saturated heterocycles. The van der Waals surface area contributed by atoms with E-state index in [0.717, 1.165) is 42.9 Å². The highest BCUT2D eigenvalue weighted by Crippen LogP contribution is 2.69. The molecule has 1 N–H and O–H groups in total. The van der Waals surface area contributed by atoms with E-state index >= 15 is 0 Å². The minimum Gasteiger partial charge on any atom is -0.393 e. The Hall–Kier alpha value is -3.00. The molecule has 1 aliphatic heterocycles. The fourth-order valence-electron chi connectivity index (χ4n) is 6.56. The number of fused-ring (bicyclic) bond motifs is 5. The number of hydrogen-bond donors (Lipinski definition) is 1. The van der Waals surface area contributed by atoms with Crippen LogP contribution in [-0.4, -0.2) is 44.5 Å². The van der Waals surface area contributed by atoms with Crippen LogP contribution >= 0.6 is 0 Å². The smallest absolute Gasteiger partial charge is 0.225 e. The van der Waals surface area contributed by atoms with Crippen molar-refractivity contribution in [3.05, 3.63) is 65.1 Å². The molecule has 6 rings (SSSR count). The number of anilines is 1.